The molecule has 0 aromatic heterocycles. The van der Waals surface area contributed by atoms with Gasteiger partial charge in [-0.1, -0.05) is 66.7 Å². The Bertz CT molecular complexity index is 1190. The van der Waals surface area contributed by atoms with Gasteiger partial charge in [-0.05, 0) is 47.2 Å². The summed E-state index contributed by atoms with van der Waals surface area (Å²) in [6.07, 6.45) is -0.0739. The minimum atomic E-state index is -0.993. The van der Waals surface area contributed by atoms with E-state index in [0.29, 0.717) is 18.5 Å². The van der Waals surface area contributed by atoms with Gasteiger partial charge in [0.25, 0.3) is 0 Å². The summed E-state index contributed by atoms with van der Waals surface area (Å²) < 4.78 is 5.53. The number of rotatable bonds is 9. The lowest BCUT2D eigenvalue weighted by Crippen LogP contribution is -2.38. The quantitative estimate of drug-likeness (QED) is 0.429. The van der Waals surface area contributed by atoms with Crippen molar-refractivity contribution < 1.29 is 24.2 Å². The van der Waals surface area contributed by atoms with Crippen molar-refractivity contribution in [2.24, 2.45) is 0 Å². The summed E-state index contributed by atoms with van der Waals surface area (Å²) in [6, 6.07) is 22.5. The molecule has 35 heavy (non-hydrogen) atoms. The van der Waals surface area contributed by atoms with Crippen LogP contribution in [-0.2, 0) is 16.0 Å². The van der Waals surface area contributed by atoms with Crippen molar-refractivity contribution in [1.29, 1.82) is 0 Å². The minimum Gasteiger partial charge on any atom is -0.478 e. The maximum atomic E-state index is 12.4. The van der Waals surface area contributed by atoms with E-state index in [1.807, 2.05) is 24.3 Å². The maximum absolute atomic E-state index is 12.4. The Morgan fingerprint density at radius 3 is 2.17 bits per heavy atom. The summed E-state index contributed by atoms with van der Waals surface area (Å²) in [7, 11) is 0. The number of nitrogens with one attached hydrogen (secondary N) is 2. The van der Waals surface area contributed by atoms with E-state index in [4.69, 9.17) is 4.74 Å². The van der Waals surface area contributed by atoms with E-state index in [1.54, 1.807) is 31.2 Å². The summed E-state index contributed by atoms with van der Waals surface area (Å²) in [4.78, 5) is 35.9. The van der Waals surface area contributed by atoms with Gasteiger partial charge in [0.15, 0.2) is 0 Å². The van der Waals surface area contributed by atoms with Crippen LogP contribution in [0.3, 0.4) is 0 Å². The van der Waals surface area contributed by atoms with Crippen molar-refractivity contribution in [2.45, 2.75) is 31.7 Å². The zero-order valence-corrected chi connectivity index (χ0v) is 19.5. The van der Waals surface area contributed by atoms with Gasteiger partial charge in [-0.25, -0.2) is 9.59 Å². The number of hydrogen-bond acceptors (Lipinski definition) is 4. The molecule has 1 aliphatic rings. The topological polar surface area (TPSA) is 105 Å². The van der Waals surface area contributed by atoms with E-state index in [9.17, 15) is 19.5 Å². The second kappa shape index (κ2) is 10.9. The zero-order chi connectivity index (χ0) is 24.8. The fourth-order valence-electron chi connectivity index (χ4n) is 4.53. The lowest BCUT2D eigenvalue weighted by molar-refractivity contribution is -0.121. The number of fused-ring (bicyclic) bond motifs is 3. The van der Waals surface area contributed by atoms with Crippen molar-refractivity contribution in [1.82, 2.24) is 10.6 Å². The number of benzene rings is 3. The Morgan fingerprint density at radius 1 is 0.914 bits per heavy atom. The molecule has 0 aliphatic heterocycles. The van der Waals surface area contributed by atoms with Gasteiger partial charge in [-0.2, -0.15) is 0 Å². The molecule has 1 aliphatic carbocycles. The molecule has 3 aromatic carbocycles. The smallest absolute Gasteiger partial charge is 0.407 e. The van der Waals surface area contributed by atoms with Crippen LogP contribution in [-0.4, -0.2) is 42.3 Å². The average molecular weight is 473 g/mol. The normalized spacial score (nSPS) is 12.8. The van der Waals surface area contributed by atoms with Crippen LogP contribution in [0, 0.1) is 0 Å². The Morgan fingerprint density at radius 2 is 1.51 bits per heavy atom. The highest BCUT2D eigenvalue weighted by atomic mass is 16.5. The van der Waals surface area contributed by atoms with Crippen LogP contribution in [0.1, 0.15) is 46.3 Å². The predicted molar refractivity (Wildman–Crippen MR) is 132 cm³/mol. The van der Waals surface area contributed by atoms with Crippen LogP contribution in [0.4, 0.5) is 4.79 Å². The molecule has 3 N–H and O–H groups in total. The largest absolute Gasteiger partial charge is 0.478 e. The number of carbonyl (C=O) groups excluding carboxylic acids is 2. The van der Waals surface area contributed by atoms with Gasteiger partial charge < -0.3 is 20.5 Å². The molecular weight excluding hydrogens is 444 g/mol. The first kappa shape index (κ1) is 24.0. The number of carboxylic acids is 1. The van der Waals surface area contributed by atoms with Gasteiger partial charge in [0, 0.05) is 24.9 Å². The van der Waals surface area contributed by atoms with Crippen LogP contribution in [0.2, 0.25) is 0 Å². The number of aromatic carboxylic acids is 1. The molecule has 0 fully saturated rings. The third-order valence-corrected chi connectivity index (χ3v) is 6.16. The third-order valence-electron chi connectivity index (χ3n) is 6.16. The van der Waals surface area contributed by atoms with E-state index in [0.717, 1.165) is 22.3 Å². The third kappa shape index (κ3) is 5.69. The highest BCUT2D eigenvalue weighted by Crippen LogP contribution is 2.44. The van der Waals surface area contributed by atoms with Gasteiger partial charge in [-0.3, -0.25) is 4.79 Å². The molecule has 180 valence electrons. The molecule has 7 heteroatoms. The molecule has 7 nitrogen and oxygen atoms in total. The summed E-state index contributed by atoms with van der Waals surface area (Å²) in [5.41, 5.74) is 5.48. The van der Waals surface area contributed by atoms with Crippen molar-refractivity contribution in [3.05, 3.63) is 95.1 Å². The number of amides is 2. The van der Waals surface area contributed by atoms with Gasteiger partial charge in [0.1, 0.15) is 6.61 Å². The van der Waals surface area contributed by atoms with Crippen LogP contribution >= 0.6 is 0 Å². The van der Waals surface area contributed by atoms with Crippen LogP contribution in [0.25, 0.3) is 11.1 Å². The van der Waals surface area contributed by atoms with E-state index >= 15 is 0 Å². The lowest BCUT2D eigenvalue weighted by Gasteiger charge is -2.17. The number of carboxylic acid groups (broad SMARTS) is 1. The predicted octanol–water partition coefficient (Wildman–Crippen LogP) is 4.36. The monoisotopic (exact) mass is 472 g/mol. The van der Waals surface area contributed by atoms with E-state index in [2.05, 4.69) is 34.9 Å². The SMILES string of the molecule is C[C@H](CC(=O)NCCc1ccccc1C(=O)O)NC(=O)OCC1c2ccccc2-c2ccccc21. The highest BCUT2D eigenvalue weighted by molar-refractivity contribution is 5.89. The number of hydrogen-bond donors (Lipinski definition) is 3. The Labute approximate surface area is 204 Å². The van der Waals surface area contributed by atoms with Gasteiger partial charge >= 0.3 is 12.1 Å². The Balaban J connectivity index is 1.23. The fourth-order valence-corrected chi connectivity index (χ4v) is 4.53. The fraction of sp³-hybridized carbons (Fsp3) is 0.250. The molecule has 0 radical (unpaired) electrons. The first-order chi connectivity index (χ1) is 16.9. The highest BCUT2D eigenvalue weighted by Gasteiger charge is 2.29. The molecule has 0 heterocycles. The molecule has 0 unspecified atom stereocenters. The zero-order valence-electron chi connectivity index (χ0n) is 19.5. The number of carbonyl (C=O) groups is 3. The summed E-state index contributed by atoms with van der Waals surface area (Å²) in [6.45, 7) is 2.25. The average Bonchev–Trinajstić information content (AvgIpc) is 3.16. The molecular formula is C28H28N2O5. The lowest BCUT2D eigenvalue weighted by atomic mass is 9.98. The van der Waals surface area contributed by atoms with Crippen LogP contribution in [0.5, 0.6) is 0 Å². The first-order valence-corrected chi connectivity index (χ1v) is 11.6. The standard InChI is InChI=1S/C28H28N2O5/c1-18(16-26(31)29-15-14-19-8-2-3-9-20(19)27(32)33)30-28(34)35-17-25-23-12-6-4-10-21(23)22-11-5-7-13-24(22)25/h2-13,18,25H,14-17H2,1H3,(H,29,31)(H,30,34)(H,32,33)/t18-/m1/s1. The van der Waals surface area contributed by atoms with E-state index < -0.39 is 18.1 Å². The van der Waals surface area contributed by atoms with Crippen molar-refractivity contribution in [3.63, 3.8) is 0 Å². The molecule has 1 atom stereocenters. The van der Waals surface area contributed by atoms with Crippen molar-refractivity contribution in [2.75, 3.05) is 13.2 Å². The molecule has 0 spiro atoms. The van der Waals surface area contributed by atoms with Gasteiger partial charge in [0.05, 0.1) is 5.56 Å². The number of alkyl carbamates (subject to hydrolysis) is 1. The summed E-state index contributed by atoms with van der Waals surface area (Å²) >= 11 is 0. The minimum absolute atomic E-state index is 0.0274. The number of ether oxygens (including phenoxy) is 1. The second-order valence-electron chi connectivity index (χ2n) is 8.64. The molecule has 0 bridgehead atoms. The molecule has 3 aromatic rings. The molecule has 0 saturated heterocycles. The molecule has 0 saturated carbocycles. The Hall–Kier alpha value is -4.13. The summed E-state index contributed by atoms with van der Waals surface area (Å²) in [5, 5.41) is 14.7. The van der Waals surface area contributed by atoms with Crippen LogP contribution < -0.4 is 10.6 Å². The van der Waals surface area contributed by atoms with Crippen molar-refractivity contribution >= 4 is 18.0 Å². The van der Waals surface area contributed by atoms with Gasteiger partial charge in [-0.15, -0.1) is 0 Å². The second-order valence-corrected chi connectivity index (χ2v) is 8.64. The van der Waals surface area contributed by atoms with Crippen LogP contribution in [0.15, 0.2) is 72.8 Å². The van der Waals surface area contributed by atoms with E-state index in [1.165, 1.54) is 0 Å². The summed E-state index contributed by atoms with van der Waals surface area (Å²) in [5.74, 6) is -1.25. The maximum Gasteiger partial charge on any atom is 0.407 e. The molecule has 4 rings (SSSR count). The molecule has 2 amide bonds. The first-order valence-electron chi connectivity index (χ1n) is 11.6. The van der Waals surface area contributed by atoms with E-state index in [-0.39, 0.29) is 30.4 Å². The van der Waals surface area contributed by atoms with Gasteiger partial charge in [0.2, 0.25) is 5.91 Å². The van der Waals surface area contributed by atoms with Crippen molar-refractivity contribution in [3.8, 4) is 11.1 Å². The Kier molecular flexibility index (Phi) is 7.45.